The van der Waals surface area contributed by atoms with Crippen LogP contribution in [0.25, 0.3) is 0 Å². The third-order valence-electron chi connectivity index (χ3n) is 7.22. The van der Waals surface area contributed by atoms with Gasteiger partial charge in [-0.05, 0) is 77.8 Å². The summed E-state index contributed by atoms with van der Waals surface area (Å²) in [6, 6.07) is 0. The van der Waals surface area contributed by atoms with Gasteiger partial charge in [0, 0.05) is 13.1 Å². The molecular weight excluding hydrogens is 442 g/mol. The Bertz CT molecular complexity index is 381. The van der Waals surface area contributed by atoms with E-state index in [0.717, 1.165) is 39.0 Å². The molecule has 0 saturated carbocycles. The van der Waals surface area contributed by atoms with Crippen molar-refractivity contribution >= 4 is 5.96 Å². The molecule has 0 aliphatic rings. The fourth-order valence-corrected chi connectivity index (χ4v) is 4.81. The van der Waals surface area contributed by atoms with E-state index in [4.69, 9.17) is 5.41 Å². The normalized spacial score (nSPS) is 11.5. The number of nitrogens with one attached hydrogen (secondary N) is 3. The first-order valence-electron chi connectivity index (χ1n) is 16.2. The van der Waals surface area contributed by atoms with Crippen LogP contribution >= 0.6 is 0 Å². The van der Waals surface area contributed by atoms with Crippen LogP contribution < -0.4 is 10.6 Å². The zero-order valence-electron chi connectivity index (χ0n) is 25.3. The Morgan fingerprint density at radius 1 is 0.417 bits per heavy atom. The van der Waals surface area contributed by atoms with Gasteiger partial charge in [0.15, 0.2) is 5.96 Å². The standard InChI is InChI=1S/C31H67N5/c1-5-9-13-17-25-35(26-18-14-10-6-2)29-21-23-33-31(32)34-24-22-30-36(27-19-15-11-7-3)28-20-16-12-8-4/h5-30H2,1-4H3,(H3,32,33,34). The lowest BCUT2D eigenvalue weighted by Gasteiger charge is -2.23. The highest BCUT2D eigenvalue weighted by Gasteiger charge is 2.07. The van der Waals surface area contributed by atoms with E-state index >= 15 is 0 Å². The summed E-state index contributed by atoms with van der Waals surface area (Å²) in [6.45, 7) is 18.2. The van der Waals surface area contributed by atoms with Crippen molar-refractivity contribution in [2.45, 2.75) is 143 Å². The maximum absolute atomic E-state index is 8.24. The average molecular weight is 510 g/mol. The van der Waals surface area contributed by atoms with Gasteiger partial charge in [-0.1, -0.05) is 105 Å². The van der Waals surface area contributed by atoms with Crippen LogP contribution in [0.15, 0.2) is 0 Å². The van der Waals surface area contributed by atoms with Crippen LogP contribution in [0.5, 0.6) is 0 Å². The molecule has 5 nitrogen and oxygen atoms in total. The van der Waals surface area contributed by atoms with Gasteiger partial charge in [-0.3, -0.25) is 5.41 Å². The van der Waals surface area contributed by atoms with Crippen molar-refractivity contribution in [2.24, 2.45) is 0 Å². The van der Waals surface area contributed by atoms with E-state index in [0.29, 0.717) is 5.96 Å². The molecule has 0 bridgehead atoms. The highest BCUT2D eigenvalue weighted by Crippen LogP contribution is 2.07. The molecule has 0 saturated heterocycles. The number of guanidine groups is 1. The summed E-state index contributed by atoms with van der Waals surface area (Å²) in [7, 11) is 0. The number of unbranched alkanes of at least 4 members (excludes halogenated alkanes) is 12. The molecule has 0 amide bonds. The number of hydrogen-bond donors (Lipinski definition) is 3. The lowest BCUT2D eigenvalue weighted by atomic mass is 10.1. The lowest BCUT2D eigenvalue weighted by Crippen LogP contribution is -2.39. The Hall–Kier alpha value is -0.810. The highest BCUT2D eigenvalue weighted by atomic mass is 15.2. The summed E-state index contributed by atoms with van der Waals surface area (Å²) in [5, 5.41) is 14.9. The smallest absolute Gasteiger partial charge is 0.188 e. The molecule has 0 aliphatic carbocycles. The second-order valence-corrected chi connectivity index (χ2v) is 10.9. The second-order valence-electron chi connectivity index (χ2n) is 10.9. The Kier molecular flexibility index (Phi) is 28.1. The highest BCUT2D eigenvalue weighted by molar-refractivity contribution is 5.76. The molecule has 5 heteroatoms. The van der Waals surface area contributed by atoms with Gasteiger partial charge in [0.1, 0.15) is 0 Å². The van der Waals surface area contributed by atoms with Gasteiger partial charge in [0.25, 0.3) is 0 Å². The molecule has 0 heterocycles. The van der Waals surface area contributed by atoms with Crippen LogP contribution in [0.4, 0.5) is 0 Å². The summed E-state index contributed by atoms with van der Waals surface area (Å²) in [4.78, 5) is 5.33. The van der Waals surface area contributed by atoms with Crippen LogP contribution in [0.1, 0.15) is 143 Å². The molecule has 36 heavy (non-hydrogen) atoms. The van der Waals surface area contributed by atoms with Crippen molar-refractivity contribution in [1.82, 2.24) is 20.4 Å². The third kappa shape index (κ3) is 24.9. The van der Waals surface area contributed by atoms with Gasteiger partial charge in [-0.15, -0.1) is 0 Å². The van der Waals surface area contributed by atoms with Crippen LogP contribution in [0.3, 0.4) is 0 Å². The molecule has 216 valence electrons. The Morgan fingerprint density at radius 2 is 0.694 bits per heavy atom. The monoisotopic (exact) mass is 510 g/mol. The van der Waals surface area contributed by atoms with Gasteiger partial charge < -0.3 is 20.4 Å². The molecule has 0 aromatic heterocycles. The molecule has 0 fully saturated rings. The Labute approximate surface area is 227 Å². The van der Waals surface area contributed by atoms with E-state index in [1.807, 2.05) is 0 Å². The summed E-state index contributed by atoms with van der Waals surface area (Å²) in [5.74, 6) is 0.505. The van der Waals surface area contributed by atoms with Crippen molar-refractivity contribution in [3.63, 3.8) is 0 Å². The first-order valence-corrected chi connectivity index (χ1v) is 16.2. The lowest BCUT2D eigenvalue weighted by molar-refractivity contribution is 0.257. The molecule has 0 spiro atoms. The van der Waals surface area contributed by atoms with Crippen molar-refractivity contribution < 1.29 is 0 Å². The van der Waals surface area contributed by atoms with Gasteiger partial charge in [0.2, 0.25) is 0 Å². The van der Waals surface area contributed by atoms with Gasteiger partial charge in [0.05, 0.1) is 0 Å². The largest absolute Gasteiger partial charge is 0.357 e. The topological polar surface area (TPSA) is 54.4 Å². The van der Waals surface area contributed by atoms with Crippen molar-refractivity contribution in [3.8, 4) is 0 Å². The molecule has 0 aromatic carbocycles. The van der Waals surface area contributed by atoms with Gasteiger partial charge >= 0.3 is 0 Å². The zero-order valence-corrected chi connectivity index (χ0v) is 25.3. The second kappa shape index (κ2) is 28.8. The van der Waals surface area contributed by atoms with E-state index < -0.39 is 0 Å². The van der Waals surface area contributed by atoms with E-state index in [9.17, 15) is 0 Å². The number of rotatable bonds is 28. The van der Waals surface area contributed by atoms with Crippen molar-refractivity contribution in [2.75, 3.05) is 52.4 Å². The summed E-state index contributed by atoms with van der Waals surface area (Å²) < 4.78 is 0. The predicted molar refractivity (Wildman–Crippen MR) is 162 cm³/mol. The summed E-state index contributed by atoms with van der Waals surface area (Å²) in [5.41, 5.74) is 0. The Morgan fingerprint density at radius 3 is 0.972 bits per heavy atom. The molecule has 3 N–H and O–H groups in total. The van der Waals surface area contributed by atoms with Crippen LogP contribution in [-0.2, 0) is 0 Å². The molecule has 0 aromatic rings. The third-order valence-corrected chi connectivity index (χ3v) is 7.22. The first kappa shape index (κ1) is 35.2. The predicted octanol–water partition coefficient (Wildman–Crippen LogP) is 7.81. The summed E-state index contributed by atoms with van der Waals surface area (Å²) in [6.07, 6.45) is 23.7. The SMILES string of the molecule is CCCCCCN(CCCCCC)CCCNC(=N)NCCCN(CCCCCC)CCCCCC. The fraction of sp³-hybridized carbons (Fsp3) is 0.968. The zero-order chi connectivity index (χ0) is 26.5. The molecule has 0 aliphatic heterocycles. The molecule has 0 radical (unpaired) electrons. The number of nitrogens with zero attached hydrogens (tertiary/aromatic N) is 2. The summed E-state index contributed by atoms with van der Waals surface area (Å²) >= 11 is 0. The molecule has 0 atom stereocenters. The van der Waals surface area contributed by atoms with Crippen LogP contribution in [0.2, 0.25) is 0 Å². The minimum atomic E-state index is 0.505. The quantitative estimate of drug-likeness (QED) is 0.0572. The van der Waals surface area contributed by atoms with Gasteiger partial charge in [-0.25, -0.2) is 0 Å². The van der Waals surface area contributed by atoms with Crippen molar-refractivity contribution in [1.29, 1.82) is 5.41 Å². The maximum Gasteiger partial charge on any atom is 0.188 e. The number of hydrogen-bond acceptors (Lipinski definition) is 3. The molecular formula is C31H67N5. The van der Waals surface area contributed by atoms with E-state index in [1.54, 1.807) is 0 Å². The average Bonchev–Trinajstić information content (AvgIpc) is 2.88. The van der Waals surface area contributed by atoms with Gasteiger partial charge in [-0.2, -0.15) is 0 Å². The minimum absolute atomic E-state index is 0.505. The Balaban J connectivity index is 4.05. The maximum atomic E-state index is 8.24. The van der Waals surface area contributed by atoms with E-state index in [1.165, 1.54) is 129 Å². The van der Waals surface area contributed by atoms with E-state index in [-0.39, 0.29) is 0 Å². The van der Waals surface area contributed by atoms with Crippen LogP contribution in [0, 0.1) is 5.41 Å². The minimum Gasteiger partial charge on any atom is -0.357 e. The van der Waals surface area contributed by atoms with E-state index in [2.05, 4.69) is 48.1 Å². The molecule has 0 unspecified atom stereocenters. The fourth-order valence-electron chi connectivity index (χ4n) is 4.81. The van der Waals surface area contributed by atoms with Crippen LogP contribution in [-0.4, -0.2) is 68.1 Å². The van der Waals surface area contributed by atoms with Crippen molar-refractivity contribution in [3.05, 3.63) is 0 Å². The first-order chi connectivity index (χ1) is 17.7. The molecule has 0 rings (SSSR count).